The average molecular weight is 458 g/mol. The van der Waals surface area contributed by atoms with Gasteiger partial charge in [0, 0.05) is 36.6 Å². The maximum atomic E-state index is 13.1. The van der Waals surface area contributed by atoms with Gasteiger partial charge in [0.15, 0.2) is 0 Å². The second-order valence-electron chi connectivity index (χ2n) is 8.23. The summed E-state index contributed by atoms with van der Waals surface area (Å²) in [6.45, 7) is 1.21. The molecule has 1 atom stereocenters. The molecule has 1 N–H and O–H groups in total. The molecule has 8 nitrogen and oxygen atoms in total. The van der Waals surface area contributed by atoms with E-state index in [1.165, 1.54) is 10.6 Å². The number of fused-ring (bicyclic) bond motifs is 1. The van der Waals surface area contributed by atoms with Crippen molar-refractivity contribution in [3.05, 3.63) is 53.6 Å². The number of rotatable bonds is 5. The zero-order valence-corrected chi connectivity index (χ0v) is 19.0. The Morgan fingerprint density at radius 2 is 1.84 bits per heavy atom. The quantitative estimate of drug-likeness (QED) is 0.744. The molecule has 0 radical (unpaired) electrons. The van der Waals surface area contributed by atoms with Crippen LogP contribution < -0.4 is 15.0 Å². The number of benzene rings is 2. The highest BCUT2D eigenvalue weighted by Crippen LogP contribution is 2.32. The third-order valence-electron chi connectivity index (χ3n) is 6.05. The van der Waals surface area contributed by atoms with Gasteiger partial charge in [-0.3, -0.25) is 9.59 Å². The Bertz CT molecular complexity index is 1130. The molecule has 0 saturated carbocycles. The molecule has 32 heavy (non-hydrogen) atoms. The van der Waals surface area contributed by atoms with E-state index in [2.05, 4.69) is 5.32 Å². The number of ether oxygens (including phenoxy) is 1. The van der Waals surface area contributed by atoms with Crippen LogP contribution in [0.1, 0.15) is 28.8 Å². The molecule has 2 aromatic carbocycles. The summed E-state index contributed by atoms with van der Waals surface area (Å²) in [4.78, 5) is 27.6. The molecule has 0 spiro atoms. The molecule has 170 valence electrons. The highest BCUT2D eigenvalue weighted by atomic mass is 32.2. The molecule has 2 aliphatic rings. The van der Waals surface area contributed by atoms with Gasteiger partial charge in [0.25, 0.3) is 5.91 Å². The van der Waals surface area contributed by atoms with Crippen LogP contribution in [0.3, 0.4) is 0 Å². The Morgan fingerprint density at radius 3 is 2.53 bits per heavy atom. The van der Waals surface area contributed by atoms with Gasteiger partial charge in [-0.05, 0) is 61.2 Å². The highest BCUT2D eigenvalue weighted by Gasteiger charge is 2.31. The lowest BCUT2D eigenvalue weighted by molar-refractivity contribution is -0.120. The minimum absolute atomic E-state index is 0.106. The van der Waals surface area contributed by atoms with Crippen LogP contribution in [0.25, 0.3) is 0 Å². The van der Waals surface area contributed by atoms with Gasteiger partial charge < -0.3 is 15.0 Å². The van der Waals surface area contributed by atoms with E-state index in [0.29, 0.717) is 42.9 Å². The Hall–Kier alpha value is -2.91. The third-order valence-corrected chi connectivity index (χ3v) is 7.32. The van der Waals surface area contributed by atoms with E-state index in [1.807, 2.05) is 18.2 Å². The minimum atomic E-state index is -3.32. The molecule has 9 heteroatoms. The number of anilines is 2. The lowest BCUT2D eigenvalue weighted by atomic mass is 9.98. The van der Waals surface area contributed by atoms with Gasteiger partial charge in [0.2, 0.25) is 15.9 Å². The van der Waals surface area contributed by atoms with E-state index in [9.17, 15) is 18.0 Å². The maximum Gasteiger partial charge on any atom is 0.258 e. The van der Waals surface area contributed by atoms with Gasteiger partial charge in [0.1, 0.15) is 5.75 Å². The zero-order valence-electron chi connectivity index (χ0n) is 18.2. The van der Waals surface area contributed by atoms with Crippen molar-refractivity contribution < 1.29 is 22.7 Å². The molecule has 0 aliphatic carbocycles. The van der Waals surface area contributed by atoms with E-state index < -0.39 is 15.9 Å². The first-order chi connectivity index (χ1) is 15.3. The number of hydrogen-bond donors (Lipinski definition) is 1. The Balaban J connectivity index is 1.48. The van der Waals surface area contributed by atoms with E-state index in [4.69, 9.17) is 4.74 Å². The second kappa shape index (κ2) is 8.91. The second-order valence-corrected chi connectivity index (χ2v) is 10.2. The number of hydrogen-bond acceptors (Lipinski definition) is 5. The molecule has 2 heterocycles. The number of carbonyl (C=O) groups excluding carboxylic acids is 2. The summed E-state index contributed by atoms with van der Waals surface area (Å²) < 4.78 is 30.2. The highest BCUT2D eigenvalue weighted by molar-refractivity contribution is 7.88. The van der Waals surface area contributed by atoms with E-state index in [0.717, 1.165) is 17.7 Å². The number of piperidine rings is 1. The molecule has 0 aromatic heterocycles. The number of nitrogens with one attached hydrogen (secondary N) is 1. The van der Waals surface area contributed by atoms with Crippen LogP contribution in [0, 0.1) is 5.92 Å². The van der Waals surface area contributed by atoms with Gasteiger partial charge in [-0.25, -0.2) is 12.7 Å². The first kappa shape index (κ1) is 22.3. The first-order valence-electron chi connectivity index (χ1n) is 10.6. The largest absolute Gasteiger partial charge is 0.497 e. The standard InChI is InChI=1S/C23H27N3O5S/c1-31-20-9-6-17(7-10-20)23(28)26-13-11-16-5-8-19(14-21(16)26)24-22(27)18-4-3-12-25(15-18)32(2,29)30/h5-10,14,18H,3-4,11-13,15H2,1-2H3,(H,24,27)/t18-/m0/s1. The maximum absolute atomic E-state index is 13.1. The lowest BCUT2D eigenvalue weighted by Crippen LogP contribution is -2.43. The van der Waals surface area contributed by atoms with Crippen LogP contribution >= 0.6 is 0 Å². The molecule has 2 aromatic rings. The van der Waals surface area contributed by atoms with Crippen molar-refractivity contribution in [1.29, 1.82) is 0 Å². The van der Waals surface area contributed by atoms with Gasteiger partial charge in [-0.1, -0.05) is 6.07 Å². The van der Waals surface area contributed by atoms with Gasteiger partial charge in [0.05, 0.1) is 19.3 Å². The minimum Gasteiger partial charge on any atom is -0.497 e. The summed E-state index contributed by atoms with van der Waals surface area (Å²) in [5.41, 5.74) is 2.99. The van der Waals surface area contributed by atoms with Crippen molar-refractivity contribution in [2.24, 2.45) is 5.92 Å². The molecule has 1 saturated heterocycles. The summed E-state index contributed by atoms with van der Waals surface area (Å²) in [7, 11) is -1.74. The van der Waals surface area contributed by atoms with Crippen LogP contribution in [-0.4, -0.2) is 57.5 Å². The number of amides is 2. The van der Waals surface area contributed by atoms with E-state index in [1.54, 1.807) is 36.3 Å². The number of methoxy groups -OCH3 is 1. The summed E-state index contributed by atoms with van der Waals surface area (Å²) in [6, 6.07) is 12.6. The summed E-state index contributed by atoms with van der Waals surface area (Å²) in [5.74, 6) is -0.0235. The SMILES string of the molecule is COc1ccc(C(=O)N2CCc3ccc(NC(=O)[C@H]4CCCN(S(C)(=O)=O)C4)cc32)cc1. The fraction of sp³-hybridized carbons (Fsp3) is 0.391. The summed E-state index contributed by atoms with van der Waals surface area (Å²) in [5, 5.41) is 2.91. The van der Waals surface area contributed by atoms with Crippen LogP contribution in [0.2, 0.25) is 0 Å². The monoisotopic (exact) mass is 457 g/mol. The van der Waals surface area contributed by atoms with Crippen LogP contribution in [-0.2, 0) is 21.2 Å². The lowest BCUT2D eigenvalue weighted by Gasteiger charge is -2.30. The zero-order chi connectivity index (χ0) is 22.9. The van der Waals surface area contributed by atoms with Crippen molar-refractivity contribution in [1.82, 2.24) is 4.31 Å². The fourth-order valence-electron chi connectivity index (χ4n) is 4.26. The van der Waals surface area contributed by atoms with E-state index in [-0.39, 0.29) is 18.4 Å². The van der Waals surface area contributed by atoms with Crippen molar-refractivity contribution in [2.45, 2.75) is 19.3 Å². The Kier molecular flexibility index (Phi) is 6.21. The number of nitrogens with zero attached hydrogens (tertiary/aromatic N) is 2. The Labute approximate surface area is 188 Å². The molecule has 2 amide bonds. The predicted octanol–water partition coefficient (Wildman–Crippen LogP) is 2.51. The smallest absolute Gasteiger partial charge is 0.258 e. The van der Waals surface area contributed by atoms with Crippen molar-refractivity contribution in [3.63, 3.8) is 0 Å². The van der Waals surface area contributed by atoms with Crippen molar-refractivity contribution in [3.8, 4) is 5.75 Å². The van der Waals surface area contributed by atoms with Gasteiger partial charge in [-0.15, -0.1) is 0 Å². The van der Waals surface area contributed by atoms with Crippen molar-refractivity contribution >= 4 is 33.2 Å². The normalized spacial score (nSPS) is 18.8. The molecule has 4 rings (SSSR count). The van der Waals surface area contributed by atoms with Gasteiger partial charge >= 0.3 is 0 Å². The van der Waals surface area contributed by atoms with Crippen LogP contribution in [0.15, 0.2) is 42.5 Å². The van der Waals surface area contributed by atoms with Crippen LogP contribution in [0.5, 0.6) is 5.75 Å². The molecule has 0 bridgehead atoms. The van der Waals surface area contributed by atoms with Gasteiger partial charge in [-0.2, -0.15) is 0 Å². The fourth-order valence-corrected chi connectivity index (χ4v) is 5.17. The average Bonchev–Trinajstić information content (AvgIpc) is 3.21. The molecule has 1 fully saturated rings. The summed E-state index contributed by atoms with van der Waals surface area (Å²) >= 11 is 0. The first-order valence-corrected chi connectivity index (χ1v) is 12.5. The molecule has 2 aliphatic heterocycles. The van der Waals surface area contributed by atoms with Crippen molar-refractivity contribution in [2.75, 3.05) is 43.2 Å². The number of sulfonamides is 1. The topological polar surface area (TPSA) is 96.0 Å². The third kappa shape index (κ3) is 4.63. The summed E-state index contributed by atoms with van der Waals surface area (Å²) in [6.07, 6.45) is 3.21. The molecular weight excluding hydrogens is 430 g/mol. The van der Waals surface area contributed by atoms with E-state index >= 15 is 0 Å². The number of carbonyl (C=O) groups is 2. The predicted molar refractivity (Wildman–Crippen MR) is 123 cm³/mol. The Morgan fingerprint density at radius 1 is 1.09 bits per heavy atom. The van der Waals surface area contributed by atoms with Crippen LogP contribution in [0.4, 0.5) is 11.4 Å². The molecule has 0 unspecified atom stereocenters. The molecular formula is C23H27N3O5S.